The quantitative estimate of drug-likeness (QED) is 0.538. The monoisotopic (exact) mass is 363 g/mol. The van der Waals surface area contributed by atoms with Gasteiger partial charge >= 0.3 is 0 Å². The van der Waals surface area contributed by atoms with Gasteiger partial charge in [0, 0.05) is 23.9 Å². The summed E-state index contributed by atoms with van der Waals surface area (Å²) in [7, 11) is 0. The zero-order chi connectivity index (χ0) is 19.1. The highest BCUT2D eigenvalue weighted by molar-refractivity contribution is 5.77. The van der Waals surface area contributed by atoms with E-state index in [1.165, 1.54) is 4.90 Å². The molecule has 1 aliphatic heterocycles. The van der Waals surface area contributed by atoms with Gasteiger partial charge in [0.2, 0.25) is 0 Å². The molecule has 0 radical (unpaired) electrons. The molecule has 2 rings (SSSR count). The highest BCUT2D eigenvalue weighted by atomic mass is 16.6. The van der Waals surface area contributed by atoms with Gasteiger partial charge in [-0.15, -0.1) is 0 Å². The smallest absolute Gasteiger partial charge is 0.275 e. The van der Waals surface area contributed by atoms with Crippen LogP contribution < -0.4 is 15.1 Å². The van der Waals surface area contributed by atoms with Crippen LogP contribution in [-0.2, 0) is 4.79 Å². The van der Waals surface area contributed by atoms with Crippen LogP contribution in [-0.4, -0.2) is 49.6 Å². The fourth-order valence-electron chi connectivity index (χ4n) is 3.25. The number of nitro groups is 1. The minimum absolute atomic E-state index is 0.112. The summed E-state index contributed by atoms with van der Waals surface area (Å²) in [5, 5.41) is 13.8. The van der Waals surface area contributed by atoms with Crippen molar-refractivity contribution in [2.24, 2.45) is 5.92 Å². The van der Waals surface area contributed by atoms with E-state index >= 15 is 0 Å². The van der Waals surface area contributed by atoms with Crippen LogP contribution >= 0.6 is 0 Å². The first-order chi connectivity index (χ1) is 12.3. The van der Waals surface area contributed by atoms with Crippen molar-refractivity contribution < 1.29 is 14.6 Å². The third-order valence-electron chi connectivity index (χ3n) is 4.89. The molecule has 1 atom stereocenters. The summed E-state index contributed by atoms with van der Waals surface area (Å²) in [6.07, 6.45) is 2.15. The fraction of sp³-hybridized carbons (Fsp3) is 0.632. The molecule has 0 bridgehead atoms. The molecule has 2 N–H and O–H groups in total. The summed E-state index contributed by atoms with van der Waals surface area (Å²) in [6, 6.07) is 6.91. The van der Waals surface area contributed by atoms with Gasteiger partial charge in [-0.05, 0) is 37.8 Å². The second-order valence-electron chi connectivity index (χ2n) is 7.63. The molecule has 144 valence electrons. The van der Waals surface area contributed by atoms with Crippen molar-refractivity contribution in [3.05, 3.63) is 34.4 Å². The summed E-state index contributed by atoms with van der Waals surface area (Å²) in [6.45, 7) is 10.5. The lowest BCUT2D eigenvalue weighted by Crippen LogP contribution is -3.16. The Labute approximate surface area is 155 Å². The van der Waals surface area contributed by atoms with Crippen LogP contribution in [0, 0.1) is 16.0 Å². The Morgan fingerprint density at radius 3 is 2.35 bits per heavy atom. The first-order valence-corrected chi connectivity index (χ1v) is 9.47. The lowest BCUT2D eigenvalue weighted by atomic mass is 10.0. The van der Waals surface area contributed by atoms with Gasteiger partial charge in [0.25, 0.3) is 11.6 Å². The summed E-state index contributed by atoms with van der Waals surface area (Å²) in [5.74, 6) is 0.785. The van der Waals surface area contributed by atoms with Crippen molar-refractivity contribution in [2.75, 3.05) is 37.6 Å². The topological polar surface area (TPSA) is 79.9 Å². The first kappa shape index (κ1) is 20.2. The number of piperazine rings is 1. The number of non-ortho nitro benzene ring substituents is 1. The third-order valence-corrected chi connectivity index (χ3v) is 4.89. The van der Waals surface area contributed by atoms with Crippen LogP contribution in [0.1, 0.15) is 33.6 Å². The molecular formula is C19H31N4O3+. The Balaban J connectivity index is 1.74. The van der Waals surface area contributed by atoms with E-state index in [1.807, 2.05) is 0 Å². The maximum Gasteiger partial charge on any atom is 0.275 e. The zero-order valence-electron chi connectivity index (χ0n) is 16.0. The van der Waals surface area contributed by atoms with Crippen LogP contribution in [0.4, 0.5) is 11.4 Å². The highest BCUT2D eigenvalue weighted by Gasteiger charge is 2.23. The van der Waals surface area contributed by atoms with Crippen molar-refractivity contribution in [1.29, 1.82) is 0 Å². The predicted molar refractivity (Wildman–Crippen MR) is 103 cm³/mol. The zero-order valence-corrected chi connectivity index (χ0v) is 16.0. The number of amides is 1. The van der Waals surface area contributed by atoms with Crippen LogP contribution in [0.15, 0.2) is 24.3 Å². The Bertz CT molecular complexity index is 595. The number of carbonyl (C=O) groups is 1. The van der Waals surface area contributed by atoms with Gasteiger partial charge in [-0.3, -0.25) is 14.9 Å². The molecule has 0 saturated carbocycles. The Morgan fingerprint density at radius 1 is 1.19 bits per heavy atom. The van der Waals surface area contributed by atoms with Crippen LogP contribution in [0.5, 0.6) is 0 Å². The molecule has 1 aromatic rings. The molecule has 26 heavy (non-hydrogen) atoms. The fourth-order valence-corrected chi connectivity index (χ4v) is 3.25. The van der Waals surface area contributed by atoms with Crippen molar-refractivity contribution in [3.63, 3.8) is 0 Å². The molecule has 1 aromatic carbocycles. The van der Waals surface area contributed by atoms with Crippen molar-refractivity contribution in [2.45, 2.75) is 39.7 Å². The minimum Gasteiger partial charge on any atom is -0.360 e. The number of nitro benzene ring substituents is 1. The van der Waals surface area contributed by atoms with Gasteiger partial charge in [-0.2, -0.15) is 0 Å². The number of hydrogen-bond donors (Lipinski definition) is 2. The predicted octanol–water partition coefficient (Wildman–Crippen LogP) is 1.24. The third kappa shape index (κ3) is 6.29. The molecule has 0 unspecified atom stereocenters. The lowest BCUT2D eigenvalue weighted by Gasteiger charge is -2.33. The van der Waals surface area contributed by atoms with E-state index in [-0.39, 0.29) is 22.6 Å². The normalized spacial score (nSPS) is 16.5. The number of carbonyl (C=O) groups excluding carboxylic acids is 1. The highest BCUT2D eigenvalue weighted by Crippen LogP contribution is 2.19. The largest absolute Gasteiger partial charge is 0.360 e. The van der Waals surface area contributed by atoms with E-state index in [0.717, 1.165) is 44.7 Å². The number of benzene rings is 1. The summed E-state index contributed by atoms with van der Waals surface area (Å²) in [4.78, 5) is 26.1. The van der Waals surface area contributed by atoms with E-state index in [2.05, 4.69) is 31.0 Å². The van der Waals surface area contributed by atoms with E-state index in [1.54, 1.807) is 24.3 Å². The second-order valence-corrected chi connectivity index (χ2v) is 7.63. The SMILES string of the molecule is CC(C)CC[C@@H](C)NC(=O)C[NH+]1CCN(c2ccc([N+](=O)[O-])cc2)CC1. The van der Waals surface area contributed by atoms with Crippen molar-refractivity contribution in [3.8, 4) is 0 Å². The molecule has 1 heterocycles. The number of anilines is 1. The molecule has 0 aromatic heterocycles. The van der Waals surface area contributed by atoms with Crippen LogP contribution in [0.3, 0.4) is 0 Å². The molecule has 7 nitrogen and oxygen atoms in total. The first-order valence-electron chi connectivity index (χ1n) is 9.47. The van der Waals surface area contributed by atoms with Gasteiger partial charge in [0.05, 0.1) is 31.1 Å². The van der Waals surface area contributed by atoms with E-state index in [0.29, 0.717) is 12.5 Å². The second kappa shape index (κ2) is 9.52. The average Bonchev–Trinajstić information content (AvgIpc) is 2.60. The van der Waals surface area contributed by atoms with E-state index < -0.39 is 0 Å². The van der Waals surface area contributed by atoms with Crippen molar-refractivity contribution in [1.82, 2.24) is 5.32 Å². The molecule has 0 spiro atoms. The number of quaternary nitrogens is 1. The van der Waals surface area contributed by atoms with Crippen molar-refractivity contribution >= 4 is 17.3 Å². The van der Waals surface area contributed by atoms with Crippen LogP contribution in [0.25, 0.3) is 0 Å². The molecule has 0 aliphatic carbocycles. The van der Waals surface area contributed by atoms with Crippen LogP contribution in [0.2, 0.25) is 0 Å². The summed E-state index contributed by atoms with van der Waals surface area (Å²) in [5.41, 5.74) is 1.11. The lowest BCUT2D eigenvalue weighted by molar-refractivity contribution is -0.892. The molecular weight excluding hydrogens is 332 g/mol. The molecule has 7 heteroatoms. The Morgan fingerprint density at radius 2 is 1.81 bits per heavy atom. The minimum atomic E-state index is -0.382. The number of hydrogen-bond acceptors (Lipinski definition) is 4. The van der Waals surface area contributed by atoms with E-state index in [9.17, 15) is 14.9 Å². The van der Waals surface area contributed by atoms with Gasteiger partial charge in [0.1, 0.15) is 0 Å². The molecule has 1 aliphatic rings. The Kier molecular flexibility index (Phi) is 7.38. The maximum atomic E-state index is 12.2. The number of nitrogens with one attached hydrogen (secondary N) is 2. The Hall–Kier alpha value is -2.15. The average molecular weight is 363 g/mol. The van der Waals surface area contributed by atoms with Gasteiger partial charge < -0.3 is 15.1 Å². The van der Waals surface area contributed by atoms with Gasteiger partial charge in [0.15, 0.2) is 6.54 Å². The number of nitrogens with zero attached hydrogens (tertiary/aromatic N) is 2. The summed E-state index contributed by atoms with van der Waals surface area (Å²) >= 11 is 0. The van der Waals surface area contributed by atoms with Gasteiger partial charge in [-0.25, -0.2) is 0 Å². The summed E-state index contributed by atoms with van der Waals surface area (Å²) < 4.78 is 0. The van der Waals surface area contributed by atoms with Gasteiger partial charge in [-0.1, -0.05) is 13.8 Å². The number of rotatable bonds is 8. The maximum absolute atomic E-state index is 12.2. The molecule has 1 saturated heterocycles. The standard InChI is InChI=1S/C19H30N4O3/c1-15(2)4-5-16(3)20-19(24)14-21-10-12-22(13-11-21)17-6-8-18(9-7-17)23(25)26/h6-9,15-16H,4-5,10-14H2,1-3H3,(H,20,24)/p+1/t16-/m1/s1. The van der Waals surface area contributed by atoms with E-state index in [4.69, 9.17) is 0 Å². The molecule has 1 fully saturated rings. The molecule has 1 amide bonds.